The average molecular weight is 1370 g/mol. The van der Waals surface area contributed by atoms with E-state index in [0.29, 0.717) is 0 Å². The van der Waals surface area contributed by atoms with Crippen LogP contribution in [0.5, 0.6) is 0 Å². The van der Waals surface area contributed by atoms with Crippen molar-refractivity contribution in [2.45, 2.75) is 52.4 Å². The molecule has 0 atom stereocenters. The van der Waals surface area contributed by atoms with E-state index >= 15 is 0 Å². The molecule has 0 amide bonds. The highest BCUT2D eigenvalue weighted by atomic mass is 15.2. The third-order valence-corrected chi connectivity index (χ3v) is 22.6. The fourth-order valence-electron chi connectivity index (χ4n) is 17.1. The second-order valence-electron chi connectivity index (χ2n) is 29.6. The van der Waals surface area contributed by atoms with E-state index in [1.165, 1.54) is 156 Å². The molecule has 0 bridgehead atoms. The van der Waals surface area contributed by atoms with Crippen LogP contribution in [-0.4, -0.2) is 4.57 Å². The van der Waals surface area contributed by atoms with Crippen LogP contribution in [0, 0.1) is 13.8 Å². The van der Waals surface area contributed by atoms with Crippen molar-refractivity contribution in [1.82, 2.24) is 4.57 Å². The van der Waals surface area contributed by atoms with Crippen LogP contribution in [0.3, 0.4) is 0 Å². The summed E-state index contributed by atoms with van der Waals surface area (Å²) in [5.41, 5.74) is 38.0. The molecular weight excluding hydrogens is 1290 g/mol. The molecule has 0 radical (unpaired) electrons. The van der Waals surface area contributed by atoms with Crippen molar-refractivity contribution in [2.75, 3.05) is 9.80 Å². The van der Waals surface area contributed by atoms with Crippen LogP contribution in [0.25, 0.3) is 117 Å². The molecule has 1 aromatic heterocycles. The third kappa shape index (κ3) is 11.7. The van der Waals surface area contributed by atoms with E-state index in [1.807, 2.05) is 0 Å². The summed E-state index contributed by atoms with van der Waals surface area (Å²) < 4.78 is 2.39. The predicted octanol–water partition coefficient (Wildman–Crippen LogP) is 28.6. The molecule has 1 heterocycles. The zero-order valence-electron chi connectivity index (χ0n) is 61.2. The minimum Gasteiger partial charge on any atom is -0.310 e. The van der Waals surface area contributed by atoms with E-state index in [-0.39, 0.29) is 10.8 Å². The molecule has 0 aliphatic heterocycles. The molecule has 0 unspecified atom stereocenters. The number of rotatable bonds is 13. The predicted molar refractivity (Wildman–Crippen MR) is 454 cm³/mol. The molecule has 3 heteroatoms. The summed E-state index contributed by atoms with van der Waals surface area (Å²) in [5, 5.41) is 2.53. The number of nitrogens with zero attached hydrogens (tertiary/aromatic N) is 3. The molecule has 512 valence electrons. The van der Waals surface area contributed by atoms with E-state index in [0.717, 1.165) is 28.4 Å². The van der Waals surface area contributed by atoms with Crippen LogP contribution in [0.1, 0.15) is 61.1 Å². The number of aryl methyl sites for hydroxylation is 2. The second kappa shape index (κ2) is 27.2. The lowest BCUT2D eigenvalue weighted by molar-refractivity contribution is 0.660. The van der Waals surface area contributed by atoms with Gasteiger partial charge in [0.25, 0.3) is 0 Å². The maximum Gasteiger partial charge on any atom is 0.0569 e. The lowest BCUT2D eigenvalue weighted by Crippen LogP contribution is -2.17. The molecule has 0 saturated carbocycles. The molecule has 0 fully saturated rings. The van der Waals surface area contributed by atoms with Crippen LogP contribution < -0.4 is 9.80 Å². The van der Waals surface area contributed by atoms with Crippen molar-refractivity contribution in [3.8, 4) is 94.7 Å². The average Bonchev–Trinajstić information content (AvgIpc) is 1.62. The van der Waals surface area contributed by atoms with E-state index in [1.54, 1.807) is 0 Å². The monoisotopic (exact) mass is 1370 g/mol. The van der Waals surface area contributed by atoms with Crippen LogP contribution >= 0.6 is 0 Å². The highest BCUT2D eigenvalue weighted by Crippen LogP contribution is 2.55. The molecule has 16 aromatic carbocycles. The minimum atomic E-state index is -0.115. The van der Waals surface area contributed by atoms with Crippen molar-refractivity contribution >= 4 is 55.9 Å². The highest BCUT2D eigenvalue weighted by molar-refractivity contribution is 6.09. The van der Waals surface area contributed by atoms with E-state index in [9.17, 15) is 0 Å². The molecular formula is C104H81N3. The molecule has 2 aliphatic rings. The smallest absolute Gasteiger partial charge is 0.0569 e. The summed E-state index contributed by atoms with van der Waals surface area (Å²) in [4.78, 5) is 4.95. The summed E-state index contributed by atoms with van der Waals surface area (Å²) in [6.07, 6.45) is 0. The molecule has 3 nitrogen and oxygen atoms in total. The molecule has 0 spiro atoms. The van der Waals surface area contributed by atoms with Crippen LogP contribution in [0.15, 0.2) is 382 Å². The van der Waals surface area contributed by atoms with Crippen molar-refractivity contribution < 1.29 is 0 Å². The molecule has 2 aliphatic carbocycles. The largest absolute Gasteiger partial charge is 0.310 e. The van der Waals surface area contributed by atoms with E-state index < -0.39 is 0 Å². The summed E-state index contributed by atoms with van der Waals surface area (Å²) in [6, 6.07) is 140. The summed E-state index contributed by atoms with van der Waals surface area (Å²) in [7, 11) is 0. The number of para-hydroxylation sites is 4. The third-order valence-electron chi connectivity index (χ3n) is 22.6. The van der Waals surface area contributed by atoms with Crippen LogP contribution in [0.2, 0.25) is 0 Å². The molecule has 19 rings (SSSR count). The van der Waals surface area contributed by atoms with E-state index in [2.05, 4.69) is 438 Å². The Bertz CT molecular complexity index is 6110. The van der Waals surface area contributed by atoms with Gasteiger partial charge in [0.05, 0.1) is 22.4 Å². The molecule has 107 heavy (non-hydrogen) atoms. The van der Waals surface area contributed by atoms with Crippen LogP contribution in [0.4, 0.5) is 34.1 Å². The normalized spacial score (nSPS) is 12.7. The van der Waals surface area contributed by atoms with Gasteiger partial charge in [0.1, 0.15) is 0 Å². The zero-order chi connectivity index (χ0) is 72.3. The lowest BCUT2D eigenvalue weighted by Gasteiger charge is -2.31. The van der Waals surface area contributed by atoms with Crippen molar-refractivity contribution in [3.05, 3.63) is 416 Å². The fourth-order valence-corrected chi connectivity index (χ4v) is 17.1. The Balaban J connectivity index is 0.000000151. The van der Waals surface area contributed by atoms with Crippen molar-refractivity contribution in [3.63, 3.8) is 0 Å². The molecule has 17 aromatic rings. The Kier molecular flexibility index (Phi) is 16.7. The van der Waals surface area contributed by atoms with Gasteiger partial charge < -0.3 is 14.4 Å². The zero-order valence-corrected chi connectivity index (χ0v) is 61.2. The first kappa shape index (κ1) is 65.9. The topological polar surface area (TPSA) is 11.4 Å². The number of anilines is 6. The number of fused-ring (bicyclic) bond motifs is 9. The standard InChI is InChI=1S/C52H40N2.C52H41N/c1-35-14-13-20-42(38-26-24-37(25-27-38)36-15-5-4-6-16-36)51(35)53(41-32-33-44-43-17-7-10-21-47(43)52(2,3)48(44)34-41)39-28-30-40(31-29-39)54-49-22-11-8-18-45(49)46-19-9-12-23-50(46)54;1-36-15-14-23-46(41-27-25-38(26-28-41)37-16-6-4-7-17-37)51(36)53(43-33-34-48-47-22-12-13-24-49(47)52(2,3)50(48)35-43)42-31-29-40(30-32-42)45-21-11-10-20-44(45)39-18-8-5-9-19-39/h4-34H,1-3H3;4-35H,1-3H3. The van der Waals surface area contributed by atoms with Gasteiger partial charge in [-0.1, -0.05) is 337 Å². The minimum absolute atomic E-state index is 0.111. The van der Waals surface area contributed by atoms with Crippen molar-refractivity contribution in [1.29, 1.82) is 0 Å². The summed E-state index contributed by atoms with van der Waals surface area (Å²) >= 11 is 0. The maximum absolute atomic E-state index is 2.48. The maximum atomic E-state index is 2.48. The number of benzene rings is 16. The Labute approximate surface area is 628 Å². The summed E-state index contributed by atoms with van der Waals surface area (Å²) in [6.45, 7) is 13.9. The second-order valence-corrected chi connectivity index (χ2v) is 29.6. The lowest BCUT2D eigenvalue weighted by atomic mass is 9.82. The Morgan fingerprint density at radius 2 is 0.505 bits per heavy atom. The van der Waals surface area contributed by atoms with Gasteiger partial charge in [-0.05, 0) is 198 Å². The van der Waals surface area contributed by atoms with Crippen molar-refractivity contribution in [2.24, 2.45) is 0 Å². The Morgan fingerprint density at radius 3 is 0.935 bits per heavy atom. The van der Waals surface area contributed by atoms with Gasteiger partial charge in [-0.3, -0.25) is 0 Å². The van der Waals surface area contributed by atoms with Gasteiger partial charge in [-0.15, -0.1) is 0 Å². The number of aromatic nitrogens is 1. The van der Waals surface area contributed by atoms with Gasteiger partial charge in [-0.2, -0.15) is 0 Å². The number of hydrogen-bond acceptors (Lipinski definition) is 2. The molecule has 0 saturated heterocycles. The number of hydrogen-bond donors (Lipinski definition) is 0. The first-order valence-electron chi connectivity index (χ1n) is 37.4. The fraction of sp³-hybridized carbons (Fsp3) is 0.0769. The Morgan fingerprint density at radius 1 is 0.215 bits per heavy atom. The van der Waals surface area contributed by atoms with Gasteiger partial charge in [0.2, 0.25) is 0 Å². The van der Waals surface area contributed by atoms with Gasteiger partial charge >= 0.3 is 0 Å². The first-order chi connectivity index (χ1) is 52.4. The Hall–Kier alpha value is -13.1. The highest BCUT2D eigenvalue weighted by Gasteiger charge is 2.38. The molecule has 0 N–H and O–H groups in total. The first-order valence-corrected chi connectivity index (χ1v) is 37.4. The quantitative estimate of drug-likeness (QED) is 0.114. The summed E-state index contributed by atoms with van der Waals surface area (Å²) in [5.74, 6) is 0. The van der Waals surface area contributed by atoms with E-state index in [4.69, 9.17) is 0 Å². The van der Waals surface area contributed by atoms with Gasteiger partial charge in [0.15, 0.2) is 0 Å². The van der Waals surface area contributed by atoms with Gasteiger partial charge in [-0.25, -0.2) is 0 Å². The SMILES string of the molecule is Cc1cccc(-c2ccc(-c3ccccc3)cc2)c1N(c1ccc(-c2ccccc2-c2ccccc2)cc1)c1ccc2c(c1)C(C)(C)c1ccccc1-2.Cc1cccc(-c2ccc(-c3ccccc3)cc2)c1N(c1ccc(-n2c3ccccc3c3ccccc32)cc1)c1ccc2c(c1)C(C)(C)c1ccccc1-2. The van der Waals surface area contributed by atoms with Crippen LogP contribution in [-0.2, 0) is 10.8 Å². The van der Waals surface area contributed by atoms with Gasteiger partial charge in [0, 0.05) is 61.2 Å².